The number of ketones is 1. The second-order valence-corrected chi connectivity index (χ2v) is 5.93. The minimum atomic E-state index is 0.292. The van der Waals surface area contributed by atoms with Gasteiger partial charge in [-0.2, -0.15) is 0 Å². The highest BCUT2D eigenvalue weighted by molar-refractivity contribution is 6.01. The van der Waals surface area contributed by atoms with Gasteiger partial charge in [-0.1, -0.05) is 24.3 Å². The Morgan fingerprint density at radius 1 is 0.850 bits per heavy atom. The van der Waals surface area contributed by atoms with E-state index < -0.39 is 0 Å². The van der Waals surface area contributed by atoms with E-state index in [9.17, 15) is 4.79 Å². The Bertz CT molecular complexity index is 697. The molecule has 0 radical (unpaired) electrons. The minimum absolute atomic E-state index is 0.292. The van der Waals surface area contributed by atoms with Crippen LogP contribution in [-0.4, -0.2) is 5.78 Å². The number of rotatable bonds is 1. The normalized spacial score (nSPS) is 13.7. The molecule has 3 rings (SSSR count). The molecule has 0 saturated carbocycles. The van der Waals surface area contributed by atoms with Crippen LogP contribution in [0, 0.1) is 27.7 Å². The van der Waals surface area contributed by atoms with E-state index in [0.29, 0.717) is 12.2 Å². The SMILES string of the molecule is Cc1cc(C)c(C)c(-c2ccc3c(c2)CCC3=O)c1C. The monoisotopic (exact) mass is 264 g/mol. The Kier molecular flexibility index (Phi) is 3.01. The van der Waals surface area contributed by atoms with Crippen LogP contribution in [0.1, 0.15) is 44.6 Å². The summed E-state index contributed by atoms with van der Waals surface area (Å²) in [6.45, 7) is 8.72. The Morgan fingerprint density at radius 3 is 2.15 bits per heavy atom. The molecule has 20 heavy (non-hydrogen) atoms. The van der Waals surface area contributed by atoms with Crippen LogP contribution in [0.25, 0.3) is 11.1 Å². The molecule has 1 nitrogen and oxygen atoms in total. The molecular formula is C19H20O. The smallest absolute Gasteiger partial charge is 0.163 e. The number of hydrogen-bond donors (Lipinski definition) is 0. The zero-order valence-corrected chi connectivity index (χ0v) is 12.6. The van der Waals surface area contributed by atoms with Crippen LogP contribution in [-0.2, 0) is 6.42 Å². The molecule has 0 fully saturated rings. The van der Waals surface area contributed by atoms with Crippen LogP contribution < -0.4 is 0 Å². The summed E-state index contributed by atoms with van der Waals surface area (Å²) in [5.41, 5.74) is 10.1. The maximum Gasteiger partial charge on any atom is 0.163 e. The van der Waals surface area contributed by atoms with E-state index in [4.69, 9.17) is 0 Å². The van der Waals surface area contributed by atoms with Crippen LogP contribution >= 0.6 is 0 Å². The number of fused-ring (bicyclic) bond motifs is 1. The van der Waals surface area contributed by atoms with Gasteiger partial charge in [-0.15, -0.1) is 0 Å². The lowest BCUT2D eigenvalue weighted by Gasteiger charge is -2.16. The van der Waals surface area contributed by atoms with Gasteiger partial charge in [0.25, 0.3) is 0 Å². The van der Waals surface area contributed by atoms with Gasteiger partial charge >= 0.3 is 0 Å². The van der Waals surface area contributed by atoms with E-state index >= 15 is 0 Å². The quantitative estimate of drug-likeness (QED) is 0.728. The van der Waals surface area contributed by atoms with Crippen LogP contribution in [0.2, 0.25) is 0 Å². The van der Waals surface area contributed by atoms with Crippen molar-refractivity contribution in [2.45, 2.75) is 40.5 Å². The van der Waals surface area contributed by atoms with Crippen LogP contribution in [0.5, 0.6) is 0 Å². The second kappa shape index (κ2) is 4.59. The molecule has 0 atom stereocenters. The first-order valence-corrected chi connectivity index (χ1v) is 7.23. The maximum absolute atomic E-state index is 11.8. The molecule has 0 amide bonds. The highest BCUT2D eigenvalue weighted by Crippen LogP contribution is 2.34. The summed E-state index contributed by atoms with van der Waals surface area (Å²) < 4.78 is 0. The predicted octanol–water partition coefficient (Wildman–Crippen LogP) is 4.72. The third kappa shape index (κ3) is 1.89. The van der Waals surface area contributed by atoms with Gasteiger partial charge in [0.15, 0.2) is 5.78 Å². The summed E-state index contributed by atoms with van der Waals surface area (Å²) >= 11 is 0. The van der Waals surface area contributed by atoms with Crippen LogP contribution in [0.15, 0.2) is 24.3 Å². The van der Waals surface area contributed by atoms with Gasteiger partial charge in [-0.3, -0.25) is 4.79 Å². The first-order chi connectivity index (χ1) is 9.49. The van der Waals surface area contributed by atoms with Gasteiger partial charge in [0.1, 0.15) is 0 Å². The number of carbonyl (C=O) groups is 1. The highest BCUT2D eigenvalue weighted by Gasteiger charge is 2.20. The number of Topliss-reactive ketones (excluding diaryl/α,β-unsaturated/α-hetero) is 1. The van der Waals surface area contributed by atoms with Crippen molar-refractivity contribution < 1.29 is 4.79 Å². The third-order valence-corrected chi connectivity index (χ3v) is 4.68. The standard InChI is InChI=1S/C19H20O/c1-11-9-12(2)14(4)19(13(11)3)16-5-7-17-15(10-16)6-8-18(17)20/h5,7,9-10H,6,8H2,1-4H3. The first kappa shape index (κ1) is 13.1. The fraction of sp³-hybridized carbons (Fsp3) is 0.316. The maximum atomic E-state index is 11.8. The fourth-order valence-electron chi connectivity index (χ4n) is 3.26. The number of aryl methyl sites for hydroxylation is 3. The fourth-order valence-corrected chi connectivity index (χ4v) is 3.26. The van der Waals surface area contributed by atoms with Crippen molar-refractivity contribution in [3.63, 3.8) is 0 Å². The third-order valence-electron chi connectivity index (χ3n) is 4.68. The van der Waals surface area contributed by atoms with Crippen LogP contribution in [0.3, 0.4) is 0 Å². The molecule has 0 aliphatic heterocycles. The molecule has 102 valence electrons. The lowest BCUT2D eigenvalue weighted by atomic mass is 9.88. The number of carbonyl (C=O) groups excluding carboxylic acids is 1. The van der Waals surface area contributed by atoms with E-state index in [0.717, 1.165) is 12.0 Å². The van der Waals surface area contributed by atoms with Gasteiger partial charge < -0.3 is 0 Å². The average Bonchev–Trinajstić information content (AvgIpc) is 2.78. The molecule has 1 heteroatoms. The van der Waals surface area contributed by atoms with Crippen molar-refractivity contribution in [2.75, 3.05) is 0 Å². The number of hydrogen-bond acceptors (Lipinski definition) is 1. The molecule has 0 bridgehead atoms. The number of benzene rings is 2. The molecule has 0 heterocycles. The van der Waals surface area contributed by atoms with E-state index in [-0.39, 0.29) is 0 Å². The molecule has 2 aromatic rings. The van der Waals surface area contributed by atoms with Crippen molar-refractivity contribution in [3.05, 3.63) is 57.6 Å². The summed E-state index contributed by atoms with van der Waals surface area (Å²) in [6, 6.07) is 8.59. The first-order valence-electron chi connectivity index (χ1n) is 7.23. The Balaban J connectivity index is 2.22. The highest BCUT2D eigenvalue weighted by atomic mass is 16.1. The Labute approximate surface area is 120 Å². The molecule has 1 aliphatic rings. The predicted molar refractivity (Wildman–Crippen MR) is 83.5 cm³/mol. The summed E-state index contributed by atoms with van der Waals surface area (Å²) in [6.07, 6.45) is 1.56. The molecule has 0 N–H and O–H groups in total. The zero-order chi connectivity index (χ0) is 14.4. The molecule has 0 unspecified atom stereocenters. The summed E-state index contributed by atoms with van der Waals surface area (Å²) in [4.78, 5) is 11.8. The van der Waals surface area contributed by atoms with Gasteiger partial charge in [-0.05, 0) is 73.1 Å². The van der Waals surface area contributed by atoms with Gasteiger partial charge in [0, 0.05) is 12.0 Å². The Hall–Kier alpha value is -1.89. The van der Waals surface area contributed by atoms with Crippen molar-refractivity contribution in [1.29, 1.82) is 0 Å². The van der Waals surface area contributed by atoms with Crippen molar-refractivity contribution >= 4 is 5.78 Å². The van der Waals surface area contributed by atoms with Crippen molar-refractivity contribution in [3.8, 4) is 11.1 Å². The van der Waals surface area contributed by atoms with E-state index in [1.807, 2.05) is 6.07 Å². The largest absolute Gasteiger partial charge is 0.294 e. The lowest BCUT2D eigenvalue weighted by Crippen LogP contribution is -1.96. The zero-order valence-electron chi connectivity index (χ0n) is 12.6. The van der Waals surface area contributed by atoms with E-state index in [2.05, 4.69) is 45.9 Å². The second-order valence-electron chi connectivity index (χ2n) is 5.93. The lowest BCUT2D eigenvalue weighted by molar-refractivity contribution is 0.0994. The summed E-state index contributed by atoms with van der Waals surface area (Å²) in [7, 11) is 0. The average molecular weight is 264 g/mol. The van der Waals surface area contributed by atoms with Crippen molar-refractivity contribution in [1.82, 2.24) is 0 Å². The Morgan fingerprint density at radius 2 is 1.50 bits per heavy atom. The molecule has 0 aromatic heterocycles. The molecule has 2 aromatic carbocycles. The molecule has 0 saturated heterocycles. The molecule has 1 aliphatic carbocycles. The molecular weight excluding hydrogens is 244 g/mol. The minimum Gasteiger partial charge on any atom is -0.294 e. The summed E-state index contributed by atoms with van der Waals surface area (Å²) in [5.74, 6) is 0.292. The van der Waals surface area contributed by atoms with Crippen molar-refractivity contribution in [2.24, 2.45) is 0 Å². The summed E-state index contributed by atoms with van der Waals surface area (Å²) in [5, 5.41) is 0. The van der Waals surface area contributed by atoms with Gasteiger partial charge in [0.05, 0.1) is 0 Å². The van der Waals surface area contributed by atoms with Gasteiger partial charge in [-0.25, -0.2) is 0 Å². The van der Waals surface area contributed by atoms with E-state index in [1.54, 1.807) is 0 Å². The molecule has 0 spiro atoms. The van der Waals surface area contributed by atoms with Crippen LogP contribution in [0.4, 0.5) is 0 Å². The van der Waals surface area contributed by atoms with E-state index in [1.165, 1.54) is 38.9 Å². The van der Waals surface area contributed by atoms with Gasteiger partial charge in [0.2, 0.25) is 0 Å². The topological polar surface area (TPSA) is 17.1 Å².